The lowest BCUT2D eigenvalue weighted by atomic mass is 9.73. The molecule has 0 saturated carbocycles. The van der Waals surface area contributed by atoms with Crippen LogP contribution in [0.1, 0.15) is 31.4 Å². The molecule has 2 aliphatic rings. The predicted molar refractivity (Wildman–Crippen MR) is 83.8 cm³/mol. The van der Waals surface area contributed by atoms with Gasteiger partial charge in [0.05, 0.1) is 13.4 Å². The predicted octanol–water partition coefficient (Wildman–Crippen LogP) is 1.42. The normalized spacial score (nSPS) is 25.0. The van der Waals surface area contributed by atoms with E-state index in [1.807, 2.05) is 4.90 Å². The minimum Gasteiger partial charge on any atom is -0.453 e. The van der Waals surface area contributed by atoms with Gasteiger partial charge in [-0.2, -0.15) is 0 Å². The maximum Gasteiger partial charge on any atom is 0.409 e. The second-order valence-corrected chi connectivity index (χ2v) is 6.64. The van der Waals surface area contributed by atoms with Crippen LogP contribution < -0.4 is 0 Å². The topological polar surface area (TPSA) is 78.5 Å². The third-order valence-corrected chi connectivity index (χ3v) is 5.05. The summed E-state index contributed by atoms with van der Waals surface area (Å²) in [7, 11) is 1.42. The van der Waals surface area contributed by atoms with E-state index in [0.717, 1.165) is 44.5 Å². The highest BCUT2D eigenvalue weighted by Gasteiger charge is 2.42. The van der Waals surface area contributed by atoms with Crippen molar-refractivity contribution in [3.63, 3.8) is 0 Å². The van der Waals surface area contributed by atoms with Crippen molar-refractivity contribution in [1.29, 1.82) is 0 Å². The van der Waals surface area contributed by atoms with Gasteiger partial charge in [0.15, 0.2) is 0 Å². The third-order valence-electron chi connectivity index (χ3n) is 5.05. The van der Waals surface area contributed by atoms with E-state index >= 15 is 0 Å². The monoisotopic (exact) mass is 320 g/mol. The van der Waals surface area contributed by atoms with Gasteiger partial charge in [-0.25, -0.2) is 9.78 Å². The van der Waals surface area contributed by atoms with Crippen LogP contribution in [0.3, 0.4) is 0 Å². The summed E-state index contributed by atoms with van der Waals surface area (Å²) in [6, 6.07) is 0. The minimum absolute atomic E-state index is 0.0222. The maximum atomic E-state index is 12.2. The molecule has 2 amide bonds. The first kappa shape index (κ1) is 15.8. The molecular formula is C16H24N4O3. The summed E-state index contributed by atoms with van der Waals surface area (Å²) in [4.78, 5) is 34.9. The molecule has 0 bridgehead atoms. The molecule has 2 aliphatic heterocycles. The number of amides is 2. The van der Waals surface area contributed by atoms with Gasteiger partial charge in [0.1, 0.15) is 0 Å². The maximum absolute atomic E-state index is 12.2. The number of rotatable bonds is 3. The summed E-state index contributed by atoms with van der Waals surface area (Å²) in [5, 5.41) is 0. The Bertz CT molecular complexity index is 560. The van der Waals surface area contributed by atoms with E-state index in [-0.39, 0.29) is 17.4 Å². The highest BCUT2D eigenvalue weighted by molar-refractivity contribution is 5.77. The van der Waals surface area contributed by atoms with Gasteiger partial charge in [-0.15, -0.1) is 0 Å². The largest absolute Gasteiger partial charge is 0.453 e. The second-order valence-electron chi connectivity index (χ2n) is 6.64. The fourth-order valence-electron chi connectivity index (χ4n) is 3.81. The number of aromatic amines is 1. The summed E-state index contributed by atoms with van der Waals surface area (Å²) >= 11 is 0. The van der Waals surface area contributed by atoms with Crippen molar-refractivity contribution in [2.75, 3.05) is 33.3 Å². The van der Waals surface area contributed by atoms with Crippen LogP contribution in [0.5, 0.6) is 0 Å². The summed E-state index contributed by atoms with van der Waals surface area (Å²) in [6.45, 7) is 2.86. The number of nitrogens with zero attached hydrogens (tertiary/aromatic N) is 3. The number of hydrogen-bond donors (Lipinski definition) is 1. The van der Waals surface area contributed by atoms with Crippen LogP contribution in [-0.4, -0.2) is 65.1 Å². The Hall–Kier alpha value is -2.05. The lowest BCUT2D eigenvalue weighted by Gasteiger charge is -2.47. The van der Waals surface area contributed by atoms with E-state index in [2.05, 4.69) is 9.97 Å². The van der Waals surface area contributed by atoms with Crippen LogP contribution in [0.15, 0.2) is 12.5 Å². The molecule has 23 heavy (non-hydrogen) atoms. The van der Waals surface area contributed by atoms with Gasteiger partial charge in [0.2, 0.25) is 5.91 Å². The first-order valence-electron chi connectivity index (χ1n) is 8.20. The molecule has 1 N–H and O–H groups in total. The Morgan fingerprint density at radius 3 is 3.04 bits per heavy atom. The van der Waals surface area contributed by atoms with Crippen molar-refractivity contribution in [3.05, 3.63) is 18.2 Å². The average molecular weight is 320 g/mol. The van der Waals surface area contributed by atoms with Gasteiger partial charge in [-0.05, 0) is 19.3 Å². The number of imidazole rings is 1. The number of likely N-dealkylation sites (tertiary alicyclic amines) is 2. The Balaban J connectivity index is 1.64. The van der Waals surface area contributed by atoms with Gasteiger partial charge in [0.25, 0.3) is 0 Å². The minimum atomic E-state index is -0.259. The Morgan fingerprint density at radius 2 is 2.30 bits per heavy atom. The number of carbonyl (C=O) groups is 2. The van der Waals surface area contributed by atoms with Crippen molar-refractivity contribution in [3.8, 4) is 0 Å². The number of carbonyl (C=O) groups excluding carboxylic acids is 2. The highest BCUT2D eigenvalue weighted by atomic mass is 16.5. The molecule has 1 spiro atoms. The fourth-order valence-corrected chi connectivity index (χ4v) is 3.81. The van der Waals surface area contributed by atoms with E-state index in [0.29, 0.717) is 19.5 Å². The molecule has 0 unspecified atom stereocenters. The van der Waals surface area contributed by atoms with Gasteiger partial charge in [-0.3, -0.25) is 4.79 Å². The molecule has 1 atom stereocenters. The van der Waals surface area contributed by atoms with Crippen LogP contribution in [0.25, 0.3) is 0 Å². The first-order chi connectivity index (χ1) is 11.1. The van der Waals surface area contributed by atoms with E-state index in [1.165, 1.54) is 7.11 Å². The van der Waals surface area contributed by atoms with Crippen LogP contribution in [0.2, 0.25) is 0 Å². The van der Waals surface area contributed by atoms with Crippen LogP contribution in [-0.2, 0) is 16.0 Å². The zero-order valence-electron chi connectivity index (χ0n) is 13.6. The van der Waals surface area contributed by atoms with Crippen LogP contribution >= 0.6 is 0 Å². The van der Waals surface area contributed by atoms with Crippen molar-refractivity contribution in [2.45, 2.75) is 32.1 Å². The molecule has 7 nitrogen and oxygen atoms in total. The SMILES string of the molecule is COC(=O)N1CCC[C@]2(CCC(=O)N(CCc3cnc[nH]3)C2)C1. The molecule has 7 heteroatoms. The van der Waals surface area contributed by atoms with Crippen molar-refractivity contribution in [2.24, 2.45) is 5.41 Å². The number of hydrogen-bond acceptors (Lipinski definition) is 4. The molecule has 3 heterocycles. The molecule has 3 rings (SSSR count). The third kappa shape index (κ3) is 3.48. The number of piperidine rings is 2. The van der Waals surface area contributed by atoms with Gasteiger partial charge in [0, 0.05) is 56.3 Å². The Labute approximate surface area is 136 Å². The quantitative estimate of drug-likeness (QED) is 0.913. The molecule has 2 fully saturated rings. The lowest BCUT2D eigenvalue weighted by molar-refractivity contribution is -0.139. The smallest absolute Gasteiger partial charge is 0.409 e. The molecule has 1 aromatic rings. The lowest BCUT2D eigenvalue weighted by Crippen LogP contribution is -2.55. The molecule has 0 aliphatic carbocycles. The Kier molecular flexibility index (Phi) is 4.54. The average Bonchev–Trinajstić information content (AvgIpc) is 3.09. The van der Waals surface area contributed by atoms with E-state index in [9.17, 15) is 9.59 Å². The van der Waals surface area contributed by atoms with Crippen molar-refractivity contribution in [1.82, 2.24) is 19.8 Å². The zero-order valence-corrected chi connectivity index (χ0v) is 13.6. The van der Waals surface area contributed by atoms with E-state index in [4.69, 9.17) is 4.74 Å². The van der Waals surface area contributed by atoms with Crippen LogP contribution in [0.4, 0.5) is 4.79 Å². The molecule has 126 valence electrons. The molecule has 1 aromatic heterocycles. The molecule has 0 aromatic carbocycles. The standard InChI is InChI=1S/C16H24N4O3/c1-23-15(22)20-7-2-5-16(11-20)6-3-14(21)19(10-16)8-4-13-9-17-12-18-13/h9,12H,2-8,10-11H2,1H3,(H,17,18)/t16-/m1/s1. The number of methoxy groups -OCH3 is 1. The fraction of sp³-hybridized carbons (Fsp3) is 0.688. The van der Waals surface area contributed by atoms with Crippen molar-refractivity contribution < 1.29 is 14.3 Å². The highest BCUT2D eigenvalue weighted by Crippen LogP contribution is 2.39. The first-order valence-corrected chi connectivity index (χ1v) is 8.20. The molecule has 2 saturated heterocycles. The van der Waals surface area contributed by atoms with Gasteiger partial charge < -0.3 is 19.5 Å². The number of nitrogens with one attached hydrogen (secondary N) is 1. The number of H-pyrrole nitrogens is 1. The summed E-state index contributed by atoms with van der Waals surface area (Å²) < 4.78 is 4.86. The number of aromatic nitrogens is 2. The summed E-state index contributed by atoms with van der Waals surface area (Å²) in [5.41, 5.74) is 1.06. The summed E-state index contributed by atoms with van der Waals surface area (Å²) in [6.07, 6.45) is 7.44. The van der Waals surface area contributed by atoms with E-state index < -0.39 is 0 Å². The Morgan fingerprint density at radius 1 is 1.43 bits per heavy atom. The summed E-state index contributed by atoms with van der Waals surface area (Å²) in [5.74, 6) is 0.213. The van der Waals surface area contributed by atoms with Crippen molar-refractivity contribution >= 4 is 12.0 Å². The molecular weight excluding hydrogens is 296 g/mol. The van der Waals surface area contributed by atoms with Gasteiger partial charge >= 0.3 is 6.09 Å². The second kappa shape index (κ2) is 6.60. The zero-order chi connectivity index (χ0) is 16.3. The molecule has 0 radical (unpaired) electrons. The number of ether oxygens (including phenoxy) is 1. The van der Waals surface area contributed by atoms with Crippen LogP contribution in [0, 0.1) is 5.41 Å². The van der Waals surface area contributed by atoms with Gasteiger partial charge in [-0.1, -0.05) is 0 Å². The van der Waals surface area contributed by atoms with E-state index in [1.54, 1.807) is 17.4 Å².